The molecule has 19 heavy (non-hydrogen) atoms. The van der Waals surface area contributed by atoms with Gasteiger partial charge < -0.3 is 10.2 Å². The molecule has 5 heteroatoms. The lowest BCUT2D eigenvalue weighted by molar-refractivity contribution is 0.316. The molecular formula is C14H20ClN3S. The zero-order chi connectivity index (χ0) is 13.8. The Bertz CT molecular complexity index is 510. The number of halogens is 1. The third-order valence-electron chi connectivity index (χ3n) is 3.30. The largest absolute Gasteiger partial charge is 0.360 e. The van der Waals surface area contributed by atoms with Gasteiger partial charge in [-0.2, -0.15) is 0 Å². The Kier molecular flexibility index (Phi) is 5.02. The van der Waals surface area contributed by atoms with Crippen LogP contribution in [0.2, 0.25) is 5.02 Å². The van der Waals surface area contributed by atoms with Gasteiger partial charge in [-0.25, -0.2) is 4.98 Å². The van der Waals surface area contributed by atoms with Gasteiger partial charge in [0.2, 0.25) is 0 Å². The van der Waals surface area contributed by atoms with Crippen LogP contribution in [0.25, 0.3) is 10.2 Å². The monoisotopic (exact) mass is 297 g/mol. The highest BCUT2D eigenvalue weighted by Crippen LogP contribution is 2.33. The minimum absolute atomic E-state index is 0.787. The van der Waals surface area contributed by atoms with Crippen molar-refractivity contribution in [3.63, 3.8) is 0 Å². The molecule has 1 N–H and O–H groups in total. The van der Waals surface area contributed by atoms with Gasteiger partial charge in [-0.1, -0.05) is 42.9 Å². The Morgan fingerprint density at radius 2 is 2.05 bits per heavy atom. The number of thiazole rings is 1. The smallest absolute Gasteiger partial charge is 0.183 e. The number of aromatic nitrogens is 1. The Morgan fingerprint density at radius 1 is 1.32 bits per heavy atom. The number of nitrogens with one attached hydrogen (secondary N) is 1. The summed E-state index contributed by atoms with van der Waals surface area (Å²) in [4.78, 5) is 7.01. The van der Waals surface area contributed by atoms with E-state index in [0.717, 1.165) is 46.5 Å². The van der Waals surface area contributed by atoms with Crippen LogP contribution >= 0.6 is 22.9 Å². The van der Waals surface area contributed by atoms with Crippen molar-refractivity contribution in [2.24, 2.45) is 0 Å². The molecular weight excluding hydrogens is 278 g/mol. The zero-order valence-corrected chi connectivity index (χ0v) is 13.2. The van der Waals surface area contributed by atoms with Crippen LogP contribution in [0.1, 0.15) is 19.4 Å². The Labute approximate surface area is 123 Å². The lowest BCUT2D eigenvalue weighted by atomic mass is 10.2. The molecule has 0 spiro atoms. The standard InChI is InChI=1S/C14H20ClN3S/c1-4-18(5-2)9-8-16-14-17-12-10(3)6-7-11(15)13(12)19-14/h6-7H,4-5,8-9H2,1-3H3,(H,16,17). The van der Waals surface area contributed by atoms with Crippen molar-refractivity contribution in [2.75, 3.05) is 31.5 Å². The second-order valence-corrected chi connectivity index (χ2v) is 5.92. The van der Waals surface area contributed by atoms with Crippen LogP contribution in [0, 0.1) is 6.92 Å². The van der Waals surface area contributed by atoms with Crippen LogP contribution < -0.4 is 5.32 Å². The molecule has 104 valence electrons. The van der Waals surface area contributed by atoms with Gasteiger partial charge in [0.15, 0.2) is 5.13 Å². The third-order valence-corrected chi connectivity index (χ3v) is 4.77. The fourth-order valence-corrected chi connectivity index (χ4v) is 3.28. The molecule has 0 amide bonds. The van der Waals surface area contributed by atoms with Crippen molar-refractivity contribution in [3.8, 4) is 0 Å². The molecule has 0 saturated carbocycles. The average Bonchev–Trinajstić information content (AvgIpc) is 2.84. The van der Waals surface area contributed by atoms with Crippen molar-refractivity contribution in [1.82, 2.24) is 9.88 Å². The first kappa shape index (κ1) is 14.6. The minimum atomic E-state index is 0.787. The van der Waals surface area contributed by atoms with E-state index in [1.165, 1.54) is 5.56 Å². The van der Waals surface area contributed by atoms with Crippen molar-refractivity contribution >= 4 is 38.3 Å². The van der Waals surface area contributed by atoms with Gasteiger partial charge in [-0.15, -0.1) is 0 Å². The van der Waals surface area contributed by atoms with Gasteiger partial charge in [0.05, 0.1) is 15.2 Å². The fourth-order valence-electron chi connectivity index (χ4n) is 2.04. The molecule has 0 radical (unpaired) electrons. The number of nitrogens with zero attached hydrogens (tertiary/aromatic N) is 2. The molecule has 0 aliphatic heterocycles. The molecule has 1 aromatic carbocycles. The molecule has 0 aliphatic carbocycles. The van der Waals surface area contributed by atoms with Gasteiger partial charge in [0.25, 0.3) is 0 Å². The summed E-state index contributed by atoms with van der Waals surface area (Å²) in [6, 6.07) is 3.96. The highest BCUT2D eigenvalue weighted by atomic mass is 35.5. The lowest BCUT2D eigenvalue weighted by Crippen LogP contribution is -2.28. The second-order valence-electron chi connectivity index (χ2n) is 4.51. The summed E-state index contributed by atoms with van der Waals surface area (Å²) in [5.41, 5.74) is 2.19. The number of anilines is 1. The van der Waals surface area contributed by atoms with Crippen LogP contribution in [0.5, 0.6) is 0 Å². The highest BCUT2D eigenvalue weighted by molar-refractivity contribution is 7.22. The molecule has 0 bridgehead atoms. The molecule has 0 unspecified atom stereocenters. The van der Waals surface area contributed by atoms with E-state index in [-0.39, 0.29) is 0 Å². The van der Waals surface area contributed by atoms with Crippen LogP contribution in [-0.2, 0) is 0 Å². The number of rotatable bonds is 6. The number of hydrogen-bond acceptors (Lipinski definition) is 4. The molecule has 2 aromatic rings. The molecule has 3 nitrogen and oxygen atoms in total. The second kappa shape index (κ2) is 6.55. The van der Waals surface area contributed by atoms with E-state index in [1.54, 1.807) is 11.3 Å². The molecule has 2 rings (SSSR count). The summed E-state index contributed by atoms with van der Waals surface area (Å²) in [6.07, 6.45) is 0. The Morgan fingerprint density at radius 3 is 2.68 bits per heavy atom. The minimum Gasteiger partial charge on any atom is -0.360 e. The van der Waals surface area contributed by atoms with E-state index in [9.17, 15) is 0 Å². The Hall–Kier alpha value is -0.840. The summed E-state index contributed by atoms with van der Waals surface area (Å²) in [7, 11) is 0. The molecule has 0 aliphatic rings. The topological polar surface area (TPSA) is 28.2 Å². The van der Waals surface area contributed by atoms with Gasteiger partial charge in [0, 0.05) is 13.1 Å². The van der Waals surface area contributed by atoms with E-state index >= 15 is 0 Å². The van der Waals surface area contributed by atoms with Crippen LogP contribution in [0.4, 0.5) is 5.13 Å². The first-order chi connectivity index (χ1) is 9.15. The predicted molar refractivity (Wildman–Crippen MR) is 85.6 cm³/mol. The number of likely N-dealkylation sites (N-methyl/N-ethyl adjacent to an activating group) is 1. The van der Waals surface area contributed by atoms with Gasteiger partial charge in [-0.3, -0.25) is 0 Å². The molecule has 1 heterocycles. The molecule has 0 atom stereocenters. The number of aryl methyl sites for hydroxylation is 1. The van der Waals surface area contributed by atoms with Crippen LogP contribution in [-0.4, -0.2) is 36.1 Å². The third kappa shape index (κ3) is 3.38. The van der Waals surface area contributed by atoms with E-state index in [0.29, 0.717) is 0 Å². The summed E-state index contributed by atoms with van der Waals surface area (Å²) >= 11 is 7.84. The summed E-state index contributed by atoms with van der Waals surface area (Å²) < 4.78 is 1.08. The summed E-state index contributed by atoms with van der Waals surface area (Å²) in [6.45, 7) is 10.6. The number of hydrogen-bond donors (Lipinski definition) is 1. The molecule has 1 aromatic heterocycles. The highest BCUT2D eigenvalue weighted by Gasteiger charge is 2.09. The maximum absolute atomic E-state index is 6.21. The zero-order valence-electron chi connectivity index (χ0n) is 11.7. The van der Waals surface area contributed by atoms with Crippen molar-refractivity contribution in [3.05, 3.63) is 22.7 Å². The summed E-state index contributed by atoms with van der Waals surface area (Å²) in [5, 5.41) is 5.14. The SMILES string of the molecule is CCN(CC)CCNc1nc2c(C)ccc(Cl)c2s1. The quantitative estimate of drug-likeness (QED) is 0.873. The molecule has 0 fully saturated rings. The lowest BCUT2D eigenvalue weighted by Gasteiger charge is -2.17. The van der Waals surface area contributed by atoms with E-state index in [2.05, 4.69) is 36.0 Å². The fraction of sp³-hybridized carbons (Fsp3) is 0.500. The van der Waals surface area contributed by atoms with E-state index < -0.39 is 0 Å². The van der Waals surface area contributed by atoms with E-state index in [4.69, 9.17) is 11.6 Å². The maximum Gasteiger partial charge on any atom is 0.183 e. The van der Waals surface area contributed by atoms with Gasteiger partial charge >= 0.3 is 0 Å². The van der Waals surface area contributed by atoms with Crippen LogP contribution in [0.3, 0.4) is 0 Å². The number of benzene rings is 1. The first-order valence-corrected chi connectivity index (χ1v) is 7.87. The van der Waals surface area contributed by atoms with Crippen molar-refractivity contribution in [2.45, 2.75) is 20.8 Å². The predicted octanol–water partition coefficient (Wildman–Crippen LogP) is 4.01. The first-order valence-electron chi connectivity index (χ1n) is 6.67. The Balaban J connectivity index is 2.06. The van der Waals surface area contributed by atoms with E-state index in [1.807, 2.05) is 12.1 Å². The van der Waals surface area contributed by atoms with Crippen molar-refractivity contribution < 1.29 is 0 Å². The molecule has 0 saturated heterocycles. The normalized spacial score (nSPS) is 11.4. The van der Waals surface area contributed by atoms with Crippen LogP contribution in [0.15, 0.2) is 12.1 Å². The summed E-state index contributed by atoms with van der Waals surface area (Å²) in [5.74, 6) is 0. The maximum atomic E-state index is 6.21. The van der Waals surface area contributed by atoms with Crippen molar-refractivity contribution in [1.29, 1.82) is 0 Å². The average molecular weight is 298 g/mol. The number of fused-ring (bicyclic) bond motifs is 1. The van der Waals surface area contributed by atoms with Gasteiger partial charge in [0.1, 0.15) is 0 Å². The van der Waals surface area contributed by atoms with Gasteiger partial charge in [-0.05, 0) is 31.6 Å².